The summed E-state index contributed by atoms with van der Waals surface area (Å²) in [6.45, 7) is 0. The molecule has 0 atom stereocenters. The molecular weight excluding hydrogens is 117 g/mol. The van der Waals surface area contributed by atoms with E-state index in [9.17, 15) is 0 Å². The van der Waals surface area contributed by atoms with Crippen molar-refractivity contribution in [2.75, 3.05) is 0 Å². The fraction of sp³-hybridized carbons (Fsp3) is 0. The summed E-state index contributed by atoms with van der Waals surface area (Å²) in [6.07, 6.45) is 0. The number of halogens is 1. The van der Waals surface area contributed by atoms with Crippen molar-refractivity contribution in [2.45, 2.75) is 0 Å². The van der Waals surface area contributed by atoms with Crippen LogP contribution in [0, 0.1) is 0 Å². The molecule has 5 heteroatoms. The molecule has 0 aliphatic heterocycles. The minimum Gasteiger partial charge on any atom is -1.00 e. The Balaban J connectivity index is -0.0000000200. The fourth-order valence-electron chi connectivity index (χ4n) is 0. The third-order valence-electron chi connectivity index (χ3n) is 0. The van der Waals surface area contributed by atoms with Crippen molar-refractivity contribution in [3.05, 3.63) is 0 Å². The maximum atomic E-state index is 7.00. The smallest absolute Gasteiger partial charge is 1.00 e. The van der Waals surface area contributed by atoms with E-state index in [1.165, 1.54) is 0 Å². The molecule has 0 aliphatic rings. The first-order valence-electron chi connectivity index (χ1n) is 0.516. The van der Waals surface area contributed by atoms with Gasteiger partial charge >= 0.3 is 59.1 Å². The zero-order chi connectivity index (χ0) is 2.71. The minimum atomic E-state index is 0. The van der Waals surface area contributed by atoms with Gasteiger partial charge in [-0.1, -0.05) is 0 Å². The average molecular weight is 119 g/mol. The molecule has 0 saturated heterocycles. The van der Waals surface area contributed by atoms with Crippen LogP contribution in [0.3, 0.4) is 0 Å². The van der Waals surface area contributed by atoms with Crippen LogP contribution in [-0.2, 0) is 0 Å². The van der Waals surface area contributed by atoms with Gasteiger partial charge in [0.05, 0.1) is 0 Å². The zero-order valence-electron chi connectivity index (χ0n) is 2.85. The van der Waals surface area contributed by atoms with Crippen molar-refractivity contribution in [3.63, 3.8) is 0 Å². The Morgan fingerprint density at radius 2 is 1.20 bits per heavy atom. The van der Waals surface area contributed by atoms with Gasteiger partial charge in [0.2, 0.25) is 0 Å². The van der Waals surface area contributed by atoms with Gasteiger partial charge < -0.3 is 22.5 Å². The Labute approximate surface area is 80.1 Å². The monoisotopic (exact) mass is 119 g/mol. The number of hydrogen-bond acceptors (Lipinski definition) is 2. The molecule has 0 heterocycles. The van der Waals surface area contributed by atoms with Gasteiger partial charge in [0.15, 0.2) is 0 Å². The summed E-state index contributed by atoms with van der Waals surface area (Å²) in [5, 5.41) is 14.0. The maximum Gasteiger partial charge on any atom is 1.00 e. The van der Waals surface area contributed by atoms with Crippen LogP contribution in [-0.4, -0.2) is 17.7 Å². The van der Waals surface area contributed by atoms with Crippen molar-refractivity contribution in [3.8, 4) is 0 Å². The molecule has 0 rings (SSSR count). The fourth-order valence-corrected chi connectivity index (χ4v) is 0. The van der Waals surface area contributed by atoms with Crippen molar-refractivity contribution < 1.29 is 73.8 Å². The Bertz CT molecular complexity index is 9.61. The molecule has 0 aromatic rings. The van der Waals surface area contributed by atoms with Gasteiger partial charge in [-0.15, -0.1) is 0 Å². The quantitative estimate of drug-likeness (QED) is 0.311. The summed E-state index contributed by atoms with van der Waals surface area (Å²) in [6, 6.07) is 0. The van der Waals surface area contributed by atoms with E-state index in [2.05, 4.69) is 0 Å². The largest absolute Gasteiger partial charge is 1.00 e. The van der Waals surface area contributed by atoms with Gasteiger partial charge in [-0.25, -0.2) is 0 Å². The van der Waals surface area contributed by atoms with Crippen LogP contribution in [0.25, 0.3) is 0 Å². The molecule has 0 saturated carbocycles. The molecule has 25 valence electrons. The molecule has 2 N–H and O–H groups in total. The normalized spacial score (nSPS) is 2.80. The van der Waals surface area contributed by atoms with E-state index in [1.807, 2.05) is 0 Å². The first kappa shape index (κ1) is 15.8. The van der Waals surface area contributed by atoms with Crippen LogP contribution < -0.4 is 63.8 Å². The molecule has 2 nitrogen and oxygen atoms in total. The van der Waals surface area contributed by atoms with E-state index in [-0.39, 0.29) is 71.5 Å². The molecule has 5 heavy (non-hydrogen) atoms. The summed E-state index contributed by atoms with van der Waals surface area (Å²) < 4.78 is 0. The third kappa shape index (κ3) is 24.8. The van der Waals surface area contributed by atoms with Gasteiger partial charge in [0.1, 0.15) is 0 Å². The van der Waals surface area contributed by atoms with E-state index < -0.39 is 0 Å². The summed E-state index contributed by atoms with van der Waals surface area (Å²) in [5.41, 5.74) is 0. The van der Waals surface area contributed by atoms with Crippen LogP contribution in [0.15, 0.2) is 0 Å². The summed E-state index contributed by atoms with van der Waals surface area (Å²) in [5.74, 6) is 0. The standard InChI is InChI=1S/BH2O2.ClH.K/c2-1-3;;/h2-3H;1H;/q;;+1/p-1. The first-order chi connectivity index (χ1) is 1.41. The zero-order valence-corrected chi connectivity index (χ0v) is 6.73. The van der Waals surface area contributed by atoms with E-state index in [1.54, 1.807) is 0 Å². The molecule has 0 aromatic carbocycles. The summed E-state index contributed by atoms with van der Waals surface area (Å²) >= 11 is 0. The molecule has 0 aromatic heterocycles. The topological polar surface area (TPSA) is 40.5 Å². The molecule has 1 radical (unpaired) electrons. The molecule has 0 unspecified atom stereocenters. The molecule has 0 bridgehead atoms. The Kier molecular flexibility index (Phi) is 53.1. The van der Waals surface area contributed by atoms with E-state index in [0.717, 1.165) is 0 Å². The van der Waals surface area contributed by atoms with Crippen LogP contribution in [0.5, 0.6) is 0 Å². The van der Waals surface area contributed by atoms with Gasteiger partial charge in [-0.05, 0) is 0 Å². The predicted octanol–water partition coefficient (Wildman–Crippen LogP) is -7.49. The molecule has 0 aliphatic carbocycles. The molecule has 0 amide bonds. The summed E-state index contributed by atoms with van der Waals surface area (Å²) in [4.78, 5) is 0. The van der Waals surface area contributed by atoms with Gasteiger partial charge in [-0.2, -0.15) is 0 Å². The molecule has 0 fully saturated rings. The second kappa shape index (κ2) is 16.8. The second-order valence-electron chi connectivity index (χ2n) is 0.115. The van der Waals surface area contributed by atoms with E-state index >= 15 is 0 Å². The Morgan fingerprint density at radius 1 is 1.20 bits per heavy atom. The minimum absolute atomic E-state index is 0. The van der Waals surface area contributed by atoms with Crippen LogP contribution in [0.2, 0.25) is 0 Å². The van der Waals surface area contributed by atoms with Crippen molar-refractivity contribution in [1.82, 2.24) is 0 Å². The SMILES string of the molecule is O[B]O.[Cl-].[K+]. The van der Waals surface area contributed by atoms with Crippen molar-refractivity contribution >= 4 is 7.69 Å². The van der Waals surface area contributed by atoms with Crippen LogP contribution >= 0.6 is 0 Å². The second-order valence-corrected chi connectivity index (χ2v) is 0.115. The van der Waals surface area contributed by atoms with Gasteiger partial charge in [-0.3, -0.25) is 0 Å². The van der Waals surface area contributed by atoms with Gasteiger partial charge in [0.25, 0.3) is 0 Å². The number of rotatable bonds is 0. The van der Waals surface area contributed by atoms with E-state index in [0.29, 0.717) is 0 Å². The van der Waals surface area contributed by atoms with Crippen LogP contribution in [0.1, 0.15) is 0 Å². The van der Waals surface area contributed by atoms with Crippen molar-refractivity contribution in [1.29, 1.82) is 0 Å². The average Bonchev–Trinajstić information content (AvgIpc) is 0.918. The van der Waals surface area contributed by atoms with Crippen molar-refractivity contribution in [2.24, 2.45) is 0 Å². The predicted molar refractivity (Wildman–Crippen MR) is 10.2 cm³/mol. The molecule has 0 spiro atoms. The maximum absolute atomic E-state index is 7.00. The first-order valence-corrected chi connectivity index (χ1v) is 0.516. The molecular formula is H2BClKO2. The third-order valence-corrected chi connectivity index (χ3v) is 0. The number of hydrogen-bond donors (Lipinski definition) is 2. The Morgan fingerprint density at radius 3 is 1.20 bits per heavy atom. The van der Waals surface area contributed by atoms with Gasteiger partial charge in [0, 0.05) is 0 Å². The Hall–Kier alpha value is 1.91. The summed E-state index contributed by atoms with van der Waals surface area (Å²) in [7, 11) is 0. The van der Waals surface area contributed by atoms with E-state index in [4.69, 9.17) is 10.0 Å². The van der Waals surface area contributed by atoms with Crippen LogP contribution in [0.4, 0.5) is 0 Å².